The Morgan fingerprint density at radius 2 is 2.03 bits per heavy atom. The summed E-state index contributed by atoms with van der Waals surface area (Å²) in [6.45, 7) is 1.42. The molecule has 0 amide bonds. The van der Waals surface area contributed by atoms with Crippen LogP contribution in [0.1, 0.15) is 0 Å². The fourth-order valence-electron chi connectivity index (χ4n) is 4.07. The molecule has 35 heavy (non-hydrogen) atoms. The van der Waals surface area contributed by atoms with Gasteiger partial charge in [0, 0.05) is 43.2 Å². The number of pyridine rings is 1. The van der Waals surface area contributed by atoms with Crippen molar-refractivity contribution in [2.75, 3.05) is 38.1 Å². The molecule has 0 bridgehead atoms. The molecule has 1 atom stereocenters. The number of aromatic nitrogens is 3. The highest BCUT2D eigenvalue weighted by atomic mass is 32.2. The van der Waals surface area contributed by atoms with Crippen LogP contribution in [0.4, 0.5) is 5.69 Å². The minimum atomic E-state index is -3.91. The van der Waals surface area contributed by atoms with Gasteiger partial charge in [0.1, 0.15) is 5.52 Å². The molecule has 182 valence electrons. The molecular formula is C24H25N5O5S. The van der Waals surface area contributed by atoms with Crippen molar-refractivity contribution in [3.05, 3.63) is 65.1 Å². The van der Waals surface area contributed by atoms with Crippen molar-refractivity contribution in [3.63, 3.8) is 0 Å². The number of benzene rings is 1. The van der Waals surface area contributed by atoms with E-state index in [0.29, 0.717) is 52.9 Å². The number of fused-ring (bicyclic) bond motifs is 2. The van der Waals surface area contributed by atoms with E-state index in [4.69, 9.17) is 9.47 Å². The Kier molecular flexibility index (Phi) is 6.24. The molecule has 4 aromatic rings. The van der Waals surface area contributed by atoms with Gasteiger partial charge in [-0.15, -0.1) is 0 Å². The van der Waals surface area contributed by atoms with Crippen LogP contribution >= 0.6 is 0 Å². The third-order valence-corrected chi connectivity index (χ3v) is 7.33. The fourth-order valence-corrected chi connectivity index (χ4v) is 5.04. The van der Waals surface area contributed by atoms with Gasteiger partial charge in [-0.3, -0.25) is 14.2 Å². The van der Waals surface area contributed by atoms with Gasteiger partial charge in [-0.25, -0.2) is 4.98 Å². The summed E-state index contributed by atoms with van der Waals surface area (Å²) in [5, 5.41) is 6.01. The molecular weight excluding hydrogens is 470 g/mol. The zero-order valence-electron chi connectivity index (χ0n) is 19.3. The molecule has 2 aromatic heterocycles. The van der Waals surface area contributed by atoms with Gasteiger partial charge in [0.25, 0.3) is 0 Å². The van der Waals surface area contributed by atoms with Crippen molar-refractivity contribution in [1.82, 2.24) is 19.1 Å². The van der Waals surface area contributed by atoms with Crippen LogP contribution in [0.5, 0.6) is 0 Å². The lowest BCUT2D eigenvalue weighted by atomic mass is 10.1. The second kappa shape index (κ2) is 9.34. The van der Waals surface area contributed by atoms with E-state index in [0.717, 1.165) is 5.56 Å². The molecule has 1 aliphatic rings. The third kappa shape index (κ3) is 4.89. The zero-order chi connectivity index (χ0) is 24.6. The number of nitrogens with one attached hydrogen (secondary N) is 1. The molecule has 3 heterocycles. The Morgan fingerprint density at radius 1 is 1.17 bits per heavy atom. The van der Waals surface area contributed by atoms with Crippen LogP contribution in [0.25, 0.3) is 32.9 Å². The topological polar surface area (TPSA) is 116 Å². The Balaban J connectivity index is 1.52. The molecule has 1 aliphatic heterocycles. The van der Waals surface area contributed by atoms with Gasteiger partial charge in [0.2, 0.25) is 5.43 Å². The highest BCUT2D eigenvalue weighted by Crippen LogP contribution is 2.26. The first kappa shape index (κ1) is 23.4. The minimum Gasteiger partial charge on any atom is -0.376 e. The number of nitrogens with zero attached hydrogens (tertiary/aromatic N) is 4. The Morgan fingerprint density at radius 3 is 2.77 bits per heavy atom. The van der Waals surface area contributed by atoms with Crippen molar-refractivity contribution in [1.29, 1.82) is 0 Å². The number of anilines is 1. The molecule has 0 unspecified atom stereocenters. The SMILES string of the molecule is CN(C[C@H]1COCCO1)S(=O)(=O)Nc1cccc2cc3ccc(-c4cnn(C)c4)nc3c(=O)cc12. The predicted molar refractivity (Wildman–Crippen MR) is 133 cm³/mol. The van der Waals surface area contributed by atoms with Gasteiger partial charge < -0.3 is 9.47 Å². The quantitative estimate of drug-likeness (QED) is 0.436. The standard InChI is InChI=1S/C24H25N5O5S/c1-28-13-18(12-25-28)21-7-6-17-10-16-4-3-5-22(20(16)11-23(30)24(17)26-21)27-35(31,32)29(2)14-19-15-33-8-9-34-19/h3-7,10-13,19,27H,8-9,14-15H2,1-2H3/t19-/m0/s1. The fraction of sp³-hybridized carbons (Fsp3) is 0.292. The molecule has 1 N–H and O–H groups in total. The lowest BCUT2D eigenvalue weighted by Crippen LogP contribution is -2.42. The Labute approximate surface area is 202 Å². The van der Waals surface area contributed by atoms with E-state index in [1.165, 1.54) is 17.4 Å². The summed E-state index contributed by atoms with van der Waals surface area (Å²) >= 11 is 0. The summed E-state index contributed by atoms with van der Waals surface area (Å²) in [6.07, 6.45) is 3.17. The summed E-state index contributed by atoms with van der Waals surface area (Å²) in [7, 11) is -0.619. The lowest BCUT2D eigenvalue weighted by Gasteiger charge is -2.27. The van der Waals surface area contributed by atoms with Crippen LogP contribution in [-0.2, 0) is 26.7 Å². The maximum Gasteiger partial charge on any atom is 0.301 e. The largest absolute Gasteiger partial charge is 0.376 e. The van der Waals surface area contributed by atoms with Crippen LogP contribution in [0, 0.1) is 0 Å². The van der Waals surface area contributed by atoms with E-state index >= 15 is 0 Å². The molecule has 0 saturated carbocycles. The number of aryl methyl sites for hydroxylation is 1. The highest BCUT2D eigenvalue weighted by Gasteiger charge is 2.24. The van der Waals surface area contributed by atoms with E-state index in [9.17, 15) is 13.2 Å². The average molecular weight is 496 g/mol. The molecule has 0 radical (unpaired) electrons. The summed E-state index contributed by atoms with van der Waals surface area (Å²) in [5.74, 6) is 0. The molecule has 5 rings (SSSR count). The summed E-state index contributed by atoms with van der Waals surface area (Å²) in [5.41, 5.74) is 1.72. The number of likely N-dealkylation sites (N-methyl/N-ethyl adjacent to an activating group) is 1. The second-order valence-electron chi connectivity index (χ2n) is 8.45. The Bertz CT molecular complexity index is 1560. The van der Waals surface area contributed by atoms with Gasteiger partial charge in [-0.05, 0) is 29.7 Å². The van der Waals surface area contributed by atoms with Gasteiger partial charge in [-0.1, -0.05) is 18.2 Å². The first-order chi connectivity index (χ1) is 16.8. The third-order valence-electron chi connectivity index (χ3n) is 5.88. The molecule has 11 heteroatoms. The number of hydrogen-bond donors (Lipinski definition) is 1. The normalized spacial score (nSPS) is 16.7. The maximum atomic E-state index is 13.2. The number of hydrogen-bond acceptors (Lipinski definition) is 7. The summed E-state index contributed by atoms with van der Waals surface area (Å²) < 4.78 is 42.5. The van der Waals surface area contributed by atoms with Crippen molar-refractivity contribution in [2.24, 2.45) is 7.05 Å². The minimum absolute atomic E-state index is 0.144. The van der Waals surface area contributed by atoms with E-state index in [2.05, 4.69) is 14.8 Å². The van der Waals surface area contributed by atoms with Crippen molar-refractivity contribution in [3.8, 4) is 11.3 Å². The predicted octanol–water partition coefficient (Wildman–Crippen LogP) is 2.15. The van der Waals surface area contributed by atoms with E-state index in [-0.39, 0.29) is 18.1 Å². The summed E-state index contributed by atoms with van der Waals surface area (Å²) in [4.78, 5) is 17.8. The number of ether oxygens (including phenoxy) is 2. The van der Waals surface area contributed by atoms with Crippen LogP contribution in [0.3, 0.4) is 0 Å². The molecule has 1 fully saturated rings. The van der Waals surface area contributed by atoms with Crippen molar-refractivity contribution in [2.45, 2.75) is 6.10 Å². The lowest BCUT2D eigenvalue weighted by molar-refractivity contribution is -0.0908. The maximum absolute atomic E-state index is 13.2. The van der Waals surface area contributed by atoms with Gasteiger partial charge >= 0.3 is 10.2 Å². The molecule has 10 nitrogen and oxygen atoms in total. The van der Waals surface area contributed by atoms with Crippen LogP contribution in [0.15, 0.2) is 59.7 Å². The second-order valence-corrected chi connectivity index (χ2v) is 10.2. The van der Waals surface area contributed by atoms with Gasteiger partial charge in [0.05, 0.1) is 43.5 Å². The summed E-state index contributed by atoms with van der Waals surface area (Å²) in [6, 6.07) is 12.1. The van der Waals surface area contributed by atoms with Crippen LogP contribution in [-0.4, -0.2) is 67.0 Å². The molecule has 1 saturated heterocycles. The monoisotopic (exact) mass is 495 g/mol. The van der Waals surface area contributed by atoms with Crippen LogP contribution in [0.2, 0.25) is 0 Å². The van der Waals surface area contributed by atoms with E-state index in [1.54, 1.807) is 23.0 Å². The van der Waals surface area contributed by atoms with Crippen molar-refractivity contribution >= 4 is 37.6 Å². The highest BCUT2D eigenvalue weighted by molar-refractivity contribution is 7.90. The smallest absolute Gasteiger partial charge is 0.301 e. The van der Waals surface area contributed by atoms with E-state index < -0.39 is 10.2 Å². The Hall–Kier alpha value is -3.38. The first-order valence-electron chi connectivity index (χ1n) is 11.1. The van der Waals surface area contributed by atoms with E-state index in [1.807, 2.05) is 37.5 Å². The van der Waals surface area contributed by atoms with Crippen LogP contribution < -0.4 is 10.2 Å². The average Bonchev–Trinajstić information content (AvgIpc) is 3.21. The first-order valence-corrected chi connectivity index (χ1v) is 12.5. The molecule has 0 aliphatic carbocycles. The van der Waals surface area contributed by atoms with Gasteiger partial charge in [-0.2, -0.15) is 17.8 Å². The van der Waals surface area contributed by atoms with Gasteiger partial charge in [0.15, 0.2) is 0 Å². The zero-order valence-corrected chi connectivity index (χ0v) is 20.2. The molecule has 2 aromatic carbocycles. The molecule has 0 spiro atoms. The number of rotatable bonds is 6. The van der Waals surface area contributed by atoms with Crippen molar-refractivity contribution < 1.29 is 17.9 Å².